The third-order valence-electron chi connectivity index (χ3n) is 3.67. The van der Waals surface area contributed by atoms with E-state index in [4.69, 9.17) is 10.5 Å². The third kappa shape index (κ3) is 3.18. The van der Waals surface area contributed by atoms with Crippen LogP contribution in [-0.2, 0) is 13.7 Å². The number of benzene rings is 2. The van der Waals surface area contributed by atoms with E-state index in [1.165, 1.54) is 6.07 Å². The first-order chi connectivity index (χ1) is 11.0. The van der Waals surface area contributed by atoms with Gasteiger partial charge in [-0.25, -0.2) is 4.39 Å². The van der Waals surface area contributed by atoms with E-state index in [1.807, 2.05) is 43.3 Å². The molecule has 0 radical (unpaired) electrons. The van der Waals surface area contributed by atoms with Crippen LogP contribution in [0.2, 0.25) is 0 Å². The zero-order valence-electron chi connectivity index (χ0n) is 13.1. The number of rotatable bonds is 4. The van der Waals surface area contributed by atoms with Crippen molar-refractivity contribution in [3.63, 3.8) is 0 Å². The van der Waals surface area contributed by atoms with Gasteiger partial charge in [-0.1, -0.05) is 30.3 Å². The topological polar surface area (TPSA) is 53.1 Å². The Hall–Kier alpha value is -2.82. The summed E-state index contributed by atoms with van der Waals surface area (Å²) in [6.45, 7) is 2.15. The van der Waals surface area contributed by atoms with Gasteiger partial charge in [0.25, 0.3) is 0 Å². The van der Waals surface area contributed by atoms with Crippen LogP contribution in [0.5, 0.6) is 5.75 Å². The Morgan fingerprint density at radius 1 is 1.17 bits per heavy atom. The lowest BCUT2D eigenvalue weighted by Gasteiger charge is -2.11. The van der Waals surface area contributed by atoms with Crippen LogP contribution < -0.4 is 10.5 Å². The molecule has 1 heterocycles. The highest BCUT2D eigenvalue weighted by atomic mass is 19.1. The lowest BCUT2D eigenvalue weighted by molar-refractivity contribution is 0.288. The minimum absolute atomic E-state index is 0.265. The molecule has 0 atom stereocenters. The number of nitrogens with two attached hydrogens (primary N) is 1. The molecule has 0 aliphatic rings. The summed E-state index contributed by atoms with van der Waals surface area (Å²) in [5, 5.41) is 4.27. The summed E-state index contributed by atoms with van der Waals surface area (Å²) in [5.41, 5.74) is 8.81. The quantitative estimate of drug-likeness (QED) is 0.799. The van der Waals surface area contributed by atoms with Crippen LogP contribution in [0, 0.1) is 12.7 Å². The van der Waals surface area contributed by atoms with Crippen molar-refractivity contribution in [2.45, 2.75) is 13.5 Å². The summed E-state index contributed by atoms with van der Waals surface area (Å²) in [5.74, 6) is 0.393. The third-order valence-corrected chi connectivity index (χ3v) is 3.67. The van der Waals surface area contributed by atoms with Crippen LogP contribution in [0.25, 0.3) is 11.3 Å². The average Bonchev–Trinajstić information content (AvgIpc) is 2.87. The van der Waals surface area contributed by atoms with Crippen LogP contribution in [0.3, 0.4) is 0 Å². The molecule has 118 valence electrons. The first kappa shape index (κ1) is 15.1. The molecule has 3 aromatic rings. The molecule has 2 aromatic carbocycles. The predicted octanol–water partition coefficient (Wildman–Crippen LogP) is 3.70. The van der Waals surface area contributed by atoms with E-state index in [-0.39, 0.29) is 5.75 Å². The van der Waals surface area contributed by atoms with E-state index >= 15 is 0 Å². The molecule has 23 heavy (non-hydrogen) atoms. The summed E-state index contributed by atoms with van der Waals surface area (Å²) in [7, 11) is 1.75. The lowest BCUT2D eigenvalue weighted by atomic mass is 10.1. The molecule has 0 spiro atoms. The lowest BCUT2D eigenvalue weighted by Crippen LogP contribution is -2.00. The van der Waals surface area contributed by atoms with E-state index in [9.17, 15) is 4.39 Å². The Bertz CT molecular complexity index is 785. The molecule has 0 fully saturated rings. The van der Waals surface area contributed by atoms with Crippen LogP contribution in [-0.4, -0.2) is 9.78 Å². The number of ether oxygens (including phenoxy) is 1. The van der Waals surface area contributed by atoms with Crippen molar-refractivity contribution in [1.82, 2.24) is 9.78 Å². The van der Waals surface area contributed by atoms with Crippen molar-refractivity contribution in [2.75, 3.05) is 5.73 Å². The number of halogens is 1. The van der Waals surface area contributed by atoms with Crippen molar-refractivity contribution in [2.24, 2.45) is 7.05 Å². The van der Waals surface area contributed by atoms with Gasteiger partial charge in [-0.15, -0.1) is 0 Å². The second kappa shape index (κ2) is 6.12. The number of aromatic nitrogens is 2. The number of nitrogen functional groups attached to an aromatic ring is 1. The molecular weight excluding hydrogens is 293 g/mol. The van der Waals surface area contributed by atoms with E-state index < -0.39 is 5.82 Å². The van der Waals surface area contributed by atoms with Gasteiger partial charge in [0.15, 0.2) is 11.6 Å². The van der Waals surface area contributed by atoms with Crippen LogP contribution in [0.4, 0.5) is 10.2 Å². The van der Waals surface area contributed by atoms with Crippen molar-refractivity contribution in [3.8, 4) is 17.0 Å². The average molecular weight is 311 g/mol. The van der Waals surface area contributed by atoms with Crippen LogP contribution >= 0.6 is 0 Å². The summed E-state index contributed by atoms with van der Waals surface area (Å²) in [6, 6.07) is 14.7. The maximum Gasteiger partial charge on any atom is 0.166 e. The maximum atomic E-state index is 14.4. The molecule has 0 aliphatic heterocycles. The summed E-state index contributed by atoms with van der Waals surface area (Å²) >= 11 is 0. The second-order valence-corrected chi connectivity index (χ2v) is 5.46. The molecule has 0 aliphatic carbocycles. The first-order valence-electron chi connectivity index (χ1n) is 7.31. The second-order valence-electron chi connectivity index (χ2n) is 5.46. The molecule has 2 N–H and O–H groups in total. The van der Waals surface area contributed by atoms with Gasteiger partial charge in [0.2, 0.25) is 0 Å². The van der Waals surface area contributed by atoms with Gasteiger partial charge in [-0.2, -0.15) is 5.10 Å². The number of nitrogens with zero attached hydrogens (tertiary/aromatic N) is 2. The Kier molecular flexibility index (Phi) is 4.02. The summed E-state index contributed by atoms with van der Waals surface area (Å²) in [4.78, 5) is 0. The van der Waals surface area contributed by atoms with E-state index in [1.54, 1.807) is 17.8 Å². The maximum absolute atomic E-state index is 14.4. The van der Waals surface area contributed by atoms with Crippen molar-refractivity contribution >= 4 is 5.82 Å². The molecule has 1 aromatic heterocycles. The molecule has 0 unspecified atom stereocenters. The highest BCUT2D eigenvalue weighted by molar-refractivity contribution is 5.65. The predicted molar refractivity (Wildman–Crippen MR) is 88.5 cm³/mol. The number of anilines is 1. The van der Waals surface area contributed by atoms with Gasteiger partial charge < -0.3 is 10.5 Å². The van der Waals surface area contributed by atoms with Crippen LogP contribution in [0.15, 0.2) is 48.5 Å². The zero-order chi connectivity index (χ0) is 16.4. The normalized spacial score (nSPS) is 10.7. The monoisotopic (exact) mass is 311 g/mol. The Balaban J connectivity index is 1.85. The largest absolute Gasteiger partial charge is 0.486 e. The van der Waals surface area contributed by atoms with Gasteiger partial charge in [-0.3, -0.25) is 4.68 Å². The molecule has 0 saturated carbocycles. The SMILES string of the molecule is Cc1cc(-c2cc(N)n(C)n2)cc(F)c1OCc1ccccc1. The summed E-state index contributed by atoms with van der Waals surface area (Å²) in [6.07, 6.45) is 0. The van der Waals surface area contributed by atoms with Gasteiger partial charge in [0.05, 0.1) is 5.69 Å². The first-order valence-corrected chi connectivity index (χ1v) is 7.31. The fourth-order valence-corrected chi connectivity index (χ4v) is 2.41. The van der Waals surface area contributed by atoms with Gasteiger partial charge in [0.1, 0.15) is 12.4 Å². The fraction of sp³-hybridized carbons (Fsp3) is 0.167. The van der Waals surface area contributed by atoms with E-state index in [2.05, 4.69) is 5.10 Å². The fourth-order valence-electron chi connectivity index (χ4n) is 2.41. The number of hydrogen-bond donors (Lipinski definition) is 1. The van der Waals surface area contributed by atoms with Gasteiger partial charge in [0, 0.05) is 18.7 Å². The smallest absolute Gasteiger partial charge is 0.166 e. The molecule has 0 amide bonds. The minimum Gasteiger partial charge on any atom is -0.486 e. The highest BCUT2D eigenvalue weighted by Crippen LogP contribution is 2.30. The summed E-state index contributed by atoms with van der Waals surface area (Å²) < 4.78 is 21.6. The Morgan fingerprint density at radius 3 is 2.52 bits per heavy atom. The minimum atomic E-state index is -0.403. The molecule has 4 nitrogen and oxygen atoms in total. The van der Waals surface area contributed by atoms with Crippen molar-refractivity contribution < 1.29 is 9.13 Å². The molecule has 0 saturated heterocycles. The van der Waals surface area contributed by atoms with E-state index in [0.717, 1.165) is 11.1 Å². The molecule has 5 heteroatoms. The van der Waals surface area contributed by atoms with Crippen molar-refractivity contribution in [3.05, 3.63) is 65.5 Å². The highest BCUT2D eigenvalue weighted by Gasteiger charge is 2.13. The zero-order valence-corrected chi connectivity index (χ0v) is 13.1. The van der Waals surface area contributed by atoms with E-state index in [0.29, 0.717) is 23.7 Å². The molecule has 0 bridgehead atoms. The van der Waals surface area contributed by atoms with Crippen molar-refractivity contribution in [1.29, 1.82) is 0 Å². The Morgan fingerprint density at radius 2 is 1.91 bits per heavy atom. The standard InChI is InChI=1S/C18H18FN3O/c1-12-8-14(16-10-17(20)22(2)21-16)9-15(19)18(12)23-11-13-6-4-3-5-7-13/h3-10H,11,20H2,1-2H3. The Labute approximate surface area is 134 Å². The number of aryl methyl sites for hydroxylation is 2. The molecule has 3 rings (SSSR count). The van der Waals surface area contributed by atoms with Gasteiger partial charge in [-0.05, 0) is 30.2 Å². The van der Waals surface area contributed by atoms with Gasteiger partial charge >= 0.3 is 0 Å². The molecular formula is C18H18FN3O. The van der Waals surface area contributed by atoms with Crippen LogP contribution in [0.1, 0.15) is 11.1 Å². The number of hydrogen-bond acceptors (Lipinski definition) is 3.